The first-order valence-corrected chi connectivity index (χ1v) is 11.1. The molecule has 0 fully saturated rings. The van der Waals surface area contributed by atoms with Gasteiger partial charge in [-0.2, -0.15) is 8.78 Å². The lowest BCUT2D eigenvalue weighted by atomic mass is 9.87. The maximum absolute atomic E-state index is 13.4. The number of carbonyl (C=O) groups is 1. The highest BCUT2D eigenvalue weighted by atomic mass is 35.5. The fourth-order valence-electron chi connectivity index (χ4n) is 3.44. The summed E-state index contributed by atoms with van der Waals surface area (Å²) in [4.78, 5) is 12.5. The van der Waals surface area contributed by atoms with Crippen LogP contribution in [0.2, 0.25) is 5.02 Å². The molecule has 7 heteroatoms. The summed E-state index contributed by atoms with van der Waals surface area (Å²) < 4.78 is 31.8. The lowest BCUT2D eigenvalue weighted by molar-refractivity contribution is -0.117. The molecule has 0 saturated heterocycles. The van der Waals surface area contributed by atoms with Crippen LogP contribution in [0.1, 0.15) is 63.1 Å². The molecular formula is C23H29ClF2NO2P. The molecule has 0 aromatic heterocycles. The zero-order valence-corrected chi connectivity index (χ0v) is 19.7. The van der Waals surface area contributed by atoms with Gasteiger partial charge in [0.15, 0.2) is 0 Å². The summed E-state index contributed by atoms with van der Waals surface area (Å²) in [7, 11) is 1.40. The van der Waals surface area contributed by atoms with Gasteiger partial charge in [0, 0.05) is 23.0 Å². The molecule has 0 saturated carbocycles. The Bertz CT molecular complexity index is 886. The molecule has 0 aliphatic rings. The Kier molecular flexibility index (Phi) is 8.63. The molecule has 164 valence electrons. The van der Waals surface area contributed by atoms with Gasteiger partial charge in [-0.15, -0.1) is 0 Å². The van der Waals surface area contributed by atoms with Gasteiger partial charge in [-0.05, 0) is 62.5 Å². The van der Waals surface area contributed by atoms with Gasteiger partial charge in [0.25, 0.3) is 0 Å². The third-order valence-electron chi connectivity index (χ3n) is 5.22. The third kappa shape index (κ3) is 6.65. The predicted molar refractivity (Wildman–Crippen MR) is 123 cm³/mol. The van der Waals surface area contributed by atoms with Crippen LogP contribution < -0.4 is 10.1 Å². The topological polar surface area (TPSA) is 38.3 Å². The lowest BCUT2D eigenvalue weighted by Gasteiger charge is -2.23. The van der Waals surface area contributed by atoms with E-state index in [4.69, 9.17) is 16.3 Å². The van der Waals surface area contributed by atoms with Gasteiger partial charge in [0.1, 0.15) is 5.75 Å². The van der Waals surface area contributed by atoms with Crippen LogP contribution in [0, 0.1) is 5.92 Å². The van der Waals surface area contributed by atoms with E-state index in [9.17, 15) is 13.6 Å². The normalized spacial score (nSPS) is 13.6. The fourth-order valence-corrected chi connectivity index (χ4v) is 3.75. The molecule has 0 spiro atoms. The monoisotopic (exact) mass is 455 g/mol. The van der Waals surface area contributed by atoms with Crippen molar-refractivity contribution in [1.82, 2.24) is 0 Å². The van der Waals surface area contributed by atoms with E-state index in [1.807, 2.05) is 39.8 Å². The van der Waals surface area contributed by atoms with E-state index in [2.05, 4.69) is 5.32 Å². The van der Waals surface area contributed by atoms with E-state index < -0.39 is 5.85 Å². The minimum Gasteiger partial charge on any atom is -0.430 e. The molecule has 0 aliphatic carbocycles. The zero-order chi connectivity index (χ0) is 22.5. The van der Waals surface area contributed by atoms with E-state index >= 15 is 0 Å². The number of carbonyl (C=O) groups excluding carboxylic acids is 1. The lowest BCUT2D eigenvalue weighted by Crippen LogP contribution is -2.18. The number of hydrogen-bond acceptors (Lipinski definition) is 2. The molecule has 1 amide bonds. The first-order valence-electron chi connectivity index (χ1n) is 10.1. The second-order valence-electron chi connectivity index (χ2n) is 7.56. The maximum Gasteiger partial charge on any atom is 0.408 e. The average Bonchev–Trinajstić information content (AvgIpc) is 2.67. The van der Waals surface area contributed by atoms with Crippen LogP contribution in [0.15, 0.2) is 36.4 Å². The van der Waals surface area contributed by atoms with Crippen LogP contribution >= 0.6 is 20.8 Å². The number of benzene rings is 2. The molecule has 3 nitrogen and oxygen atoms in total. The first kappa shape index (κ1) is 24.6. The van der Waals surface area contributed by atoms with Crippen LogP contribution in [-0.4, -0.2) is 11.8 Å². The number of nitrogens with one attached hydrogen (secondary N) is 1. The second-order valence-corrected chi connectivity index (χ2v) is 8.67. The number of amides is 1. The largest absolute Gasteiger partial charge is 0.430 e. The molecule has 30 heavy (non-hydrogen) atoms. The number of halogens is 3. The smallest absolute Gasteiger partial charge is 0.408 e. The van der Waals surface area contributed by atoms with Crippen LogP contribution in [0.25, 0.3) is 0 Å². The average molecular weight is 456 g/mol. The van der Waals surface area contributed by atoms with E-state index in [0.29, 0.717) is 29.1 Å². The van der Waals surface area contributed by atoms with Crippen molar-refractivity contribution in [3.05, 3.63) is 58.1 Å². The molecule has 2 aromatic rings. The number of anilines is 1. The van der Waals surface area contributed by atoms with Crippen molar-refractivity contribution in [3.8, 4) is 5.75 Å². The maximum atomic E-state index is 13.4. The minimum absolute atomic E-state index is 0.0597. The van der Waals surface area contributed by atoms with Crippen LogP contribution in [-0.2, 0) is 11.2 Å². The van der Waals surface area contributed by atoms with Crippen molar-refractivity contribution in [3.63, 3.8) is 0 Å². The molecule has 0 bridgehead atoms. The van der Waals surface area contributed by atoms with Gasteiger partial charge in [-0.3, -0.25) is 4.79 Å². The van der Waals surface area contributed by atoms with Crippen LogP contribution in [0.4, 0.5) is 14.5 Å². The molecule has 0 heterocycles. The van der Waals surface area contributed by atoms with Gasteiger partial charge >= 0.3 is 5.85 Å². The first-order chi connectivity index (χ1) is 14.1. The highest BCUT2D eigenvalue weighted by molar-refractivity contribution is 7.17. The summed E-state index contributed by atoms with van der Waals surface area (Å²) in [5.41, 5.74) is 3.04. The zero-order valence-electron chi connectivity index (χ0n) is 17.8. The molecule has 1 N–H and O–H groups in total. The Morgan fingerprint density at radius 1 is 1.20 bits per heavy atom. The second kappa shape index (κ2) is 10.5. The van der Waals surface area contributed by atoms with Gasteiger partial charge in [-0.1, -0.05) is 57.8 Å². The fraction of sp³-hybridized carbons (Fsp3) is 0.435. The van der Waals surface area contributed by atoms with Gasteiger partial charge in [0.2, 0.25) is 5.91 Å². The van der Waals surface area contributed by atoms with Crippen LogP contribution in [0.5, 0.6) is 5.75 Å². The molecule has 0 radical (unpaired) electrons. The van der Waals surface area contributed by atoms with Crippen LogP contribution in [0.3, 0.4) is 0 Å². The Labute approximate surface area is 184 Å². The third-order valence-corrected chi connectivity index (χ3v) is 5.57. The minimum atomic E-state index is -3.35. The Hall–Kier alpha value is -1.71. The molecule has 0 aliphatic heterocycles. The molecule has 3 atom stereocenters. The summed E-state index contributed by atoms with van der Waals surface area (Å²) in [5.74, 6) is -3.18. The van der Waals surface area contributed by atoms with Crippen molar-refractivity contribution in [2.75, 3.05) is 5.32 Å². The predicted octanol–water partition coefficient (Wildman–Crippen LogP) is 7.23. The Morgan fingerprint density at radius 3 is 2.50 bits per heavy atom. The quantitative estimate of drug-likeness (QED) is 0.405. The van der Waals surface area contributed by atoms with Gasteiger partial charge < -0.3 is 10.1 Å². The summed E-state index contributed by atoms with van der Waals surface area (Å²) in [6.45, 7) is 7.94. The SMILES string of the molecule is CCc1c(OC(F)(F)P)cccc1[C@@H](C)c1cc(Cl)ccc1NC(=O)CC(C)CC. The summed E-state index contributed by atoms with van der Waals surface area (Å²) in [6.07, 6.45) is 1.87. The molecule has 2 rings (SSSR count). The molecular weight excluding hydrogens is 427 g/mol. The molecule has 2 aromatic carbocycles. The van der Waals surface area contributed by atoms with E-state index in [1.165, 1.54) is 9.24 Å². The number of ether oxygens (including phenoxy) is 1. The van der Waals surface area contributed by atoms with E-state index in [1.54, 1.807) is 24.3 Å². The van der Waals surface area contributed by atoms with Crippen molar-refractivity contribution in [1.29, 1.82) is 0 Å². The summed E-state index contributed by atoms with van der Waals surface area (Å²) in [5, 5.41) is 3.53. The Balaban J connectivity index is 2.43. The van der Waals surface area contributed by atoms with Crippen molar-refractivity contribution >= 4 is 32.4 Å². The summed E-state index contributed by atoms with van der Waals surface area (Å²) in [6, 6.07) is 10.4. The van der Waals surface area contributed by atoms with Crippen molar-refractivity contribution in [2.45, 2.75) is 58.7 Å². The van der Waals surface area contributed by atoms with Gasteiger partial charge in [0.05, 0.1) is 0 Å². The van der Waals surface area contributed by atoms with E-state index in [0.717, 1.165) is 17.5 Å². The summed E-state index contributed by atoms with van der Waals surface area (Å²) >= 11 is 6.24. The van der Waals surface area contributed by atoms with Gasteiger partial charge in [-0.25, -0.2) is 0 Å². The molecule has 2 unspecified atom stereocenters. The van der Waals surface area contributed by atoms with E-state index in [-0.39, 0.29) is 23.5 Å². The number of alkyl halides is 2. The number of rotatable bonds is 9. The highest BCUT2D eigenvalue weighted by Gasteiger charge is 2.26. The Morgan fingerprint density at radius 2 is 1.90 bits per heavy atom. The number of hydrogen-bond donors (Lipinski definition) is 1. The van der Waals surface area contributed by atoms with Crippen molar-refractivity contribution in [2.24, 2.45) is 5.92 Å². The van der Waals surface area contributed by atoms with Crippen molar-refractivity contribution < 1.29 is 18.3 Å². The standard InChI is InChI=1S/C23H29ClF2NO2P/c1-5-14(3)12-22(28)27-20-11-10-16(24)13-19(20)15(4)18-8-7-9-21(17(18)6-2)29-23(25,26)30/h7-11,13-15H,5-6,12,30H2,1-4H3,(H,27,28)/t14?,15-/m1/s1. The highest BCUT2D eigenvalue weighted by Crippen LogP contribution is 2.38.